The highest BCUT2D eigenvalue weighted by atomic mass is 16.3. The number of hydrogen-bond donors (Lipinski definition) is 2. The molecule has 0 aromatic heterocycles. The molecule has 0 heterocycles. The second kappa shape index (κ2) is 4.67. The van der Waals surface area contributed by atoms with E-state index in [1.165, 1.54) is 27.8 Å². The molecule has 0 radical (unpaired) electrons. The maximum absolute atomic E-state index is 10.3. The van der Waals surface area contributed by atoms with Gasteiger partial charge in [0, 0.05) is 0 Å². The predicted octanol–water partition coefficient (Wildman–Crippen LogP) is 3.00. The van der Waals surface area contributed by atoms with Crippen LogP contribution in [0, 0.1) is 40.5 Å². The molecule has 2 heteroatoms. The van der Waals surface area contributed by atoms with Crippen molar-refractivity contribution in [1.82, 2.24) is 0 Å². The van der Waals surface area contributed by atoms with Crippen molar-refractivity contribution in [3.8, 4) is 0 Å². The van der Waals surface area contributed by atoms with Crippen LogP contribution in [-0.4, -0.2) is 11.2 Å². The maximum Gasteiger partial charge on any atom is 0.0761 e. The summed E-state index contributed by atoms with van der Waals surface area (Å²) in [5.41, 5.74) is 14.0. The van der Waals surface area contributed by atoms with E-state index in [9.17, 15) is 5.11 Å². The zero-order valence-corrected chi connectivity index (χ0v) is 12.2. The largest absolute Gasteiger partial charge is 0.391 e. The molecule has 2 atom stereocenters. The van der Waals surface area contributed by atoms with Crippen LogP contribution in [0.15, 0.2) is 0 Å². The van der Waals surface area contributed by atoms with Gasteiger partial charge >= 0.3 is 0 Å². The molecule has 1 aliphatic rings. The SMILES string of the molecule is Cc1c(C)c(C)c([C@@H](N)[C@@H](O)C2CC2)c(C)c1C. The molecule has 1 saturated carbocycles. The van der Waals surface area contributed by atoms with Gasteiger partial charge in [-0.15, -0.1) is 0 Å². The molecule has 1 fully saturated rings. The molecule has 1 aromatic rings. The summed E-state index contributed by atoms with van der Waals surface area (Å²) < 4.78 is 0. The van der Waals surface area contributed by atoms with Crippen LogP contribution < -0.4 is 5.73 Å². The highest BCUT2D eigenvalue weighted by Crippen LogP contribution is 2.39. The molecule has 100 valence electrons. The van der Waals surface area contributed by atoms with Gasteiger partial charge in [0.2, 0.25) is 0 Å². The zero-order valence-electron chi connectivity index (χ0n) is 12.2. The van der Waals surface area contributed by atoms with Crippen LogP contribution >= 0.6 is 0 Å². The first-order valence-corrected chi connectivity index (χ1v) is 6.86. The van der Waals surface area contributed by atoms with Gasteiger partial charge in [0.1, 0.15) is 0 Å². The zero-order chi connectivity index (χ0) is 13.6. The summed E-state index contributed by atoms with van der Waals surface area (Å²) in [6.07, 6.45) is 1.86. The van der Waals surface area contributed by atoms with Crippen molar-refractivity contribution >= 4 is 0 Å². The first-order valence-electron chi connectivity index (χ1n) is 6.86. The second-order valence-electron chi connectivity index (χ2n) is 5.89. The lowest BCUT2D eigenvalue weighted by Crippen LogP contribution is -2.30. The molecule has 1 aromatic carbocycles. The monoisotopic (exact) mass is 247 g/mol. The number of benzene rings is 1. The molecule has 0 unspecified atom stereocenters. The van der Waals surface area contributed by atoms with Crippen LogP contribution in [-0.2, 0) is 0 Å². The van der Waals surface area contributed by atoms with Crippen molar-refractivity contribution in [1.29, 1.82) is 0 Å². The van der Waals surface area contributed by atoms with Crippen LogP contribution in [0.5, 0.6) is 0 Å². The Balaban J connectivity index is 2.49. The summed E-state index contributed by atoms with van der Waals surface area (Å²) >= 11 is 0. The fraction of sp³-hybridized carbons (Fsp3) is 0.625. The summed E-state index contributed by atoms with van der Waals surface area (Å²) in [7, 11) is 0. The lowest BCUT2D eigenvalue weighted by Gasteiger charge is -2.26. The molecule has 2 nitrogen and oxygen atoms in total. The van der Waals surface area contributed by atoms with Crippen molar-refractivity contribution in [2.45, 2.75) is 59.6 Å². The third-order valence-corrected chi connectivity index (χ3v) is 4.86. The van der Waals surface area contributed by atoms with E-state index in [0.29, 0.717) is 5.92 Å². The van der Waals surface area contributed by atoms with Crippen LogP contribution in [0.25, 0.3) is 0 Å². The van der Waals surface area contributed by atoms with Gasteiger partial charge in [0.15, 0.2) is 0 Å². The molecule has 2 rings (SSSR count). The van der Waals surface area contributed by atoms with E-state index in [2.05, 4.69) is 34.6 Å². The van der Waals surface area contributed by atoms with Crippen molar-refractivity contribution in [2.24, 2.45) is 11.7 Å². The Morgan fingerprint density at radius 2 is 1.28 bits per heavy atom. The third kappa shape index (κ3) is 2.08. The molecule has 3 N–H and O–H groups in total. The van der Waals surface area contributed by atoms with E-state index in [-0.39, 0.29) is 12.1 Å². The van der Waals surface area contributed by atoms with Gasteiger partial charge in [0.05, 0.1) is 12.1 Å². The minimum atomic E-state index is -0.385. The summed E-state index contributed by atoms with van der Waals surface area (Å²) in [5.74, 6) is 0.417. The van der Waals surface area contributed by atoms with Gasteiger partial charge in [-0.25, -0.2) is 0 Å². The Labute approximate surface area is 110 Å². The van der Waals surface area contributed by atoms with Crippen LogP contribution in [0.1, 0.15) is 52.3 Å². The van der Waals surface area contributed by atoms with E-state index >= 15 is 0 Å². The van der Waals surface area contributed by atoms with Crippen molar-refractivity contribution < 1.29 is 5.11 Å². The van der Waals surface area contributed by atoms with E-state index < -0.39 is 0 Å². The van der Waals surface area contributed by atoms with Crippen LogP contribution in [0.2, 0.25) is 0 Å². The fourth-order valence-corrected chi connectivity index (χ4v) is 2.93. The van der Waals surface area contributed by atoms with Gasteiger partial charge in [-0.3, -0.25) is 0 Å². The number of rotatable bonds is 3. The summed E-state index contributed by atoms with van der Waals surface area (Å²) in [5, 5.41) is 10.3. The lowest BCUT2D eigenvalue weighted by atomic mass is 9.84. The third-order valence-electron chi connectivity index (χ3n) is 4.86. The van der Waals surface area contributed by atoms with Crippen LogP contribution in [0.3, 0.4) is 0 Å². The van der Waals surface area contributed by atoms with Crippen molar-refractivity contribution in [2.75, 3.05) is 0 Å². The number of hydrogen-bond acceptors (Lipinski definition) is 2. The minimum Gasteiger partial charge on any atom is -0.391 e. The maximum atomic E-state index is 10.3. The highest BCUT2D eigenvalue weighted by molar-refractivity contribution is 5.51. The molecule has 1 aliphatic carbocycles. The average Bonchev–Trinajstić information content (AvgIpc) is 3.17. The Hall–Kier alpha value is -0.860. The minimum absolute atomic E-state index is 0.240. The quantitative estimate of drug-likeness (QED) is 0.862. The van der Waals surface area contributed by atoms with E-state index in [1.54, 1.807) is 0 Å². The first kappa shape index (κ1) is 13.6. The fourth-order valence-electron chi connectivity index (χ4n) is 2.93. The molecule has 0 amide bonds. The molecular formula is C16H25NO. The average molecular weight is 247 g/mol. The van der Waals surface area contributed by atoms with Crippen molar-refractivity contribution in [3.05, 3.63) is 33.4 Å². The van der Waals surface area contributed by atoms with Crippen LogP contribution in [0.4, 0.5) is 0 Å². The molecule has 0 bridgehead atoms. The predicted molar refractivity (Wildman–Crippen MR) is 75.8 cm³/mol. The summed E-state index contributed by atoms with van der Waals surface area (Å²) in [6.45, 7) is 10.7. The molecule has 0 aliphatic heterocycles. The van der Waals surface area contributed by atoms with Gasteiger partial charge in [-0.05, 0) is 86.8 Å². The van der Waals surface area contributed by atoms with Gasteiger partial charge in [0.25, 0.3) is 0 Å². The molecule has 18 heavy (non-hydrogen) atoms. The Morgan fingerprint density at radius 1 is 0.889 bits per heavy atom. The van der Waals surface area contributed by atoms with Gasteiger partial charge in [-0.1, -0.05) is 0 Å². The molecule has 0 saturated heterocycles. The highest BCUT2D eigenvalue weighted by Gasteiger charge is 2.35. The Bertz CT molecular complexity index is 445. The number of aliphatic hydroxyl groups excluding tert-OH is 1. The standard InChI is InChI=1S/C16H25NO/c1-8-9(2)11(4)14(12(5)10(8)3)15(17)16(18)13-6-7-13/h13,15-16,18H,6-7,17H2,1-5H3/t15-,16+/m1/s1. The number of nitrogens with two attached hydrogens (primary N) is 1. The smallest absolute Gasteiger partial charge is 0.0761 e. The number of aliphatic hydroxyl groups is 1. The first-order chi connectivity index (χ1) is 8.36. The van der Waals surface area contributed by atoms with Gasteiger partial charge in [-0.2, -0.15) is 0 Å². The van der Waals surface area contributed by atoms with Crippen molar-refractivity contribution in [3.63, 3.8) is 0 Å². The van der Waals surface area contributed by atoms with E-state index in [4.69, 9.17) is 5.73 Å². The van der Waals surface area contributed by atoms with E-state index in [0.717, 1.165) is 18.4 Å². The normalized spacial score (nSPS) is 18.8. The van der Waals surface area contributed by atoms with E-state index in [1.807, 2.05) is 0 Å². The Morgan fingerprint density at radius 3 is 1.67 bits per heavy atom. The Kier molecular flexibility index (Phi) is 3.52. The lowest BCUT2D eigenvalue weighted by molar-refractivity contribution is 0.122. The van der Waals surface area contributed by atoms with Gasteiger partial charge < -0.3 is 10.8 Å². The summed E-state index contributed by atoms with van der Waals surface area (Å²) in [4.78, 5) is 0. The summed E-state index contributed by atoms with van der Waals surface area (Å²) in [6, 6.07) is -0.240. The molecule has 0 spiro atoms. The topological polar surface area (TPSA) is 46.2 Å². The molecular weight excluding hydrogens is 222 g/mol. The second-order valence-corrected chi connectivity index (χ2v) is 5.89.